The van der Waals surface area contributed by atoms with Crippen molar-refractivity contribution in [3.8, 4) is 0 Å². The lowest BCUT2D eigenvalue weighted by Crippen LogP contribution is -2.34. The molecule has 1 saturated heterocycles. The summed E-state index contributed by atoms with van der Waals surface area (Å²) in [4.78, 5) is 2.07. The zero-order valence-corrected chi connectivity index (χ0v) is 8.01. The zero-order chi connectivity index (χ0) is 8.97. The van der Waals surface area contributed by atoms with Crippen LogP contribution in [0, 0.1) is 0 Å². The van der Waals surface area contributed by atoms with Gasteiger partial charge in [-0.15, -0.1) is 0 Å². The maximum Gasteiger partial charge on any atom is 0.126 e. The average molecular weight is 192 g/mol. The summed E-state index contributed by atoms with van der Waals surface area (Å²) in [6.45, 7) is 3.83. The lowest BCUT2D eigenvalue weighted by Gasteiger charge is -2.26. The SMILES string of the molecule is CCC(OS(=O)[O-])N1CCCC1. The molecule has 5 heteroatoms. The summed E-state index contributed by atoms with van der Waals surface area (Å²) in [6.07, 6.45) is 2.76. The predicted molar refractivity (Wildman–Crippen MR) is 44.9 cm³/mol. The Labute approximate surface area is 75.4 Å². The van der Waals surface area contributed by atoms with E-state index in [-0.39, 0.29) is 6.23 Å². The van der Waals surface area contributed by atoms with Gasteiger partial charge in [0.25, 0.3) is 0 Å². The minimum atomic E-state index is -2.38. The van der Waals surface area contributed by atoms with Gasteiger partial charge in [0.2, 0.25) is 0 Å². The van der Waals surface area contributed by atoms with E-state index in [4.69, 9.17) is 4.18 Å². The van der Waals surface area contributed by atoms with Crippen LogP contribution in [0.15, 0.2) is 0 Å². The molecule has 12 heavy (non-hydrogen) atoms. The number of likely N-dealkylation sites (tertiary alicyclic amines) is 1. The highest BCUT2D eigenvalue weighted by Gasteiger charge is 2.20. The van der Waals surface area contributed by atoms with Gasteiger partial charge >= 0.3 is 0 Å². The Balaban J connectivity index is 2.37. The molecular weight excluding hydrogens is 178 g/mol. The fraction of sp³-hybridized carbons (Fsp3) is 1.00. The maximum atomic E-state index is 10.3. The first-order valence-corrected chi connectivity index (χ1v) is 5.24. The van der Waals surface area contributed by atoms with Gasteiger partial charge in [0.1, 0.15) is 6.23 Å². The Hall–Kier alpha value is 0.0300. The molecule has 0 N–H and O–H groups in total. The summed E-state index contributed by atoms with van der Waals surface area (Å²) in [5.41, 5.74) is 0. The Morgan fingerprint density at radius 1 is 1.58 bits per heavy atom. The van der Waals surface area contributed by atoms with Crippen LogP contribution in [0.3, 0.4) is 0 Å². The number of rotatable bonds is 4. The summed E-state index contributed by atoms with van der Waals surface area (Å²) in [6, 6.07) is 0. The van der Waals surface area contributed by atoms with Crippen LogP contribution in [0.2, 0.25) is 0 Å². The van der Waals surface area contributed by atoms with E-state index in [1.807, 2.05) is 6.92 Å². The molecule has 2 atom stereocenters. The maximum absolute atomic E-state index is 10.3. The minimum Gasteiger partial charge on any atom is -0.750 e. The predicted octanol–water partition coefficient (Wildman–Crippen LogP) is 0.629. The average Bonchev–Trinajstić information content (AvgIpc) is 2.51. The number of nitrogens with zero attached hydrogens (tertiary/aromatic N) is 1. The zero-order valence-electron chi connectivity index (χ0n) is 7.19. The lowest BCUT2D eigenvalue weighted by atomic mass is 10.4. The second-order valence-corrected chi connectivity index (χ2v) is 3.51. The fourth-order valence-electron chi connectivity index (χ4n) is 1.51. The molecular formula is C7H14NO3S-. The van der Waals surface area contributed by atoms with Crippen molar-refractivity contribution in [2.24, 2.45) is 0 Å². The molecule has 0 aromatic rings. The summed E-state index contributed by atoms with van der Waals surface area (Å²) in [7, 11) is 0. The molecule has 1 aliphatic heterocycles. The van der Waals surface area contributed by atoms with Crippen molar-refractivity contribution in [3.05, 3.63) is 0 Å². The van der Waals surface area contributed by atoms with Crippen LogP contribution in [0.4, 0.5) is 0 Å². The van der Waals surface area contributed by atoms with Crippen molar-refractivity contribution in [2.75, 3.05) is 13.1 Å². The van der Waals surface area contributed by atoms with Gasteiger partial charge in [0.15, 0.2) is 0 Å². The molecule has 0 bridgehead atoms. The lowest BCUT2D eigenvalue weighted by molar-refractivity contribution is 0.0436. The van der Waals surface area contributed by atoms with Crippen LogP contribution in [0.25, 0.3) is 0 Å². The van der Waals surface area contributed by atoms with Crippen LogP contribution < -0.4 is 0 Å². The topological polar surface area (TPSA) is 52.6 Å². The normalized spacial score (nSPS) is 24.2. The Kier molecular flexibility index (Phi) is 4.14. The van der Waals surface area contributed by atoms with Crippen molar-refractivity contribution < 1.29 is 12.9 Å². The van der Waals surface area contributed by atoms with Crippen molar-refractivity contribution in [3.63, 3.8) is 0 Å². The Morgan fingerprint density at radius 3 is 2.58 bits per heavy atom. The van der Waals surface area contributed by atoms with E-state index in [1.54, 1.807) is 0 Å². The summed E-state index contributed by atoms with van der Waals surface area (Å²) in [5.74, 6) is 0. The molecule has 0 saturated carbocycles. The van der Waals surface area contributed by atoms with Crippen molar-refractivity contribution in [1.29, 1.82) is 0 Å². The standard InChI is InChI=1S/C7H15NO3S/c1-2-7(11-12(9)10)8-5-3-4-6-8/h7H,2-6H2,1H3,(H,9,10)/p-1. The van der Waals surface area contributed by atoms with Crippen molar-refractivity contribution in [1.82, 2.24) is 4.90 Å². The second kappa shape index (κ2) is 4.91. The Morgan fingerprint density at radius 2 is 2.17 bits per heavy atom. The quantitative estimate of drug-likeness (QED) is 0.613. The first kappa shape index (κ1) is 10.1. The molecule has 1 heterocycles. The van der Waals surface area contributed by atoms with Gasteiger partial charge in [-0.3, -0.25) is 9.08 Å². The van der Waals surface area contributed by atoms with E-state index >= 15 is 0 Å². The van der Waals surface area contributed by atoms with Crippen molar-refractivity contribution >= 4 is 11.4 Å². The van der Waals surface area contributed by atoms with E-state index in [2.05, 4.69) is 4.90 Å². The molecule has 0 aromatic heterocycles. The molecule has 4 nitrogen and oxygen atoms in total. The highest BCUT2D eigenvalue weighted by molar-refractivity contribution is 7.74. The van der Waals surface area contributed by atoms with Gasteiger partial charge in [-0.05, 0) is 19.3 Å². The molecule has 0 amide bonds. The number of hydrogen-bond donors (Lipinski definition) is 0. The highest BCUT2D eigenvalue weighted by atomic mass is 32.2. The van der Waals surface area contributed by atoms with E-state index < -0.39 is 11.4 Å². The molecule has 0 aromatic carbocycles. The smallest absolute Gasteiger partial charge is 0.126 e. The number of hydrogen-bond acceptors (Lipinski definition) is 4. The van der Waals surface area contributed by atoms with Gasteiger partial charge in [0, 0.05) is 13.1 Å². The molecule has 0 aliphatic carbocycles. The van der Waals surface area contributed by atoms with E-state index in [1.165, 1.54) is 0 Å². The summed E-state index contributed by atoms with van der Waals surface area (Å²) < 4.78 is 25.3. The monoisotopic (exact) mass is 192 g/mol. The van der Waals surface area contributed by atoms with E-state index in [9.17, 15) is 8.76 Å². The third-order valence-electron chi connectivity index (χ3n) is 2.09. The van der Waals surface area contributed by atoms with Crippen LogP contribution in [-0.4, -0.2) is 33.0 Å². The molecule has 1 rings (SSSR count). The molecule has 1 fully saturated rings. The molecule has 72 valence electrons. The van der Waals surface area contributed by atoms with Crippen LogP contribution >= 0.6 is 0 Å². The van der Waals surface area contributed by atoms with Gasteiger partial charge in [-0.25, -0.2) is 4.21 Å². The first-order chi connectivity index (χ1) is 5.74. The highest BCUT2D eigenvalue weighted by Crippen LogP contribution is 2.15. The molecule has 0 radical (unpaired) electrons. The fourth-order valence-corrected chi connectivity index (χ4v) is 1.95. The first-order valence-electron chi connectivity index (χ1n) is 4.24. The third-order valence-corrected chi connectivity index (χ3v) is 2.47. The Bertz CT molecular complexity index is 159. The van der Waals surface area contributed by atoms with E-state index in [0.29, 0.717) is 6.42 Å². The van der Waals surface area contributed by atoms with Gasteiger partial charge in [0.05, 0.1) is 11.4 Å². The second-order valence-electron chi connectivity index (χ2n) is 2.91. The van der Waals surface area contributed by atoms with Crippen molar-refractivity contribution in [2.45, 2.75) is 32.4 Å². The van der Waals surface area contributed by atoms with Gasteiger partial charge in [-0.1, -0.05) is 6.92 Å². The minimum absolute atomic E-state index is 0.245. The molecule has 0 spiro atoms. The third kappa shape index (κ3) is 2.82. The van der Waals surface area contributed by atoms with Crippen LogP contribution in [0.5, 0.6) is 0 Å². The summed E-state index contributed by atoms with van der Waals surface area (Å²) in [5, 5.41) is 0. The molecule has 1 aliphatic rings. The van der Waals surface area contributed by atoms with Gasteiger partial charge < -0.3 is 4.55 Å². The largest absolute Gasteiger partial charge is 0.750 e. The summed E-state index contributed by atoms with van der Waals surface area (Å²) >= 11 is -2.38. The van der Waals surface area contributed by atoms with Gasteiger partial charge in [-0.2, -0.15) is 0 Å². The molecule has 2 unspecified atom stereocenters. The van der Waals surface area contributed by atoms with Crippen LogP contribution in [0.1, 0.15) is 26.2 Å². The van der Waals surface area contributed by atoms with Crippen LogP contribution in [-0.2, 0) is 15.5 Å². The van der Waals surface area contributed by atoms with E-state index in [0.717, 1.165) is 25.9 Å².